The average Bonchev–Trinajstić information content (AvgIpc) is 2.41. The van der Waals surface area contributed by atoms with Crippen LogP contribution in [0.5, 0.6) is 0 Å². The standard InChI is InChI=1S/C14H24IN3O/c1-4-15-18(5-2,6-3)11-14(19)17-13-9-7-12(16)8-10-13/h7-10H,4-6,11,16H2,1-3H3,(H,17,19). The molecule has 0 aromatic heterocycles. The van der Waals surface area contributed by atoms with Gasteiger partial charge in [0.05, 0.1) is 0 Å². The van der Waals surface area contributed by atoms with E-state index in [0.29, 0.717) is 12.2 Å². The number of hydrogen-bond donors (Lipinski definition) is 2. The normalized spacial score (nSPS) is 11.5. The van der Waals surface area contributed by atoms with E-state index in [1.165, 1.54) is 4.43 Å². The molecule has 5 heteroatoms. The summed E-state index contributed by atoms with van der Waals surface area (Å²) in [6.07, 6.45) is 0. The molecule has 0 unspecified atom stereocenters. The first-order valence-corrected chi connectivity index (χ1v) is 9.16. The second-order valence-electron chi connectivity index (χ2n) is 4.38. The fourth-order valence-corrected chi connectivity index (χ4v) is 4.90. The van der Waals surface area contributed by atoms with Crippen LogP contribution >= 0.6 is 0 Å². The number of amides is 1. The van der Waals surface area contributed by atoms with Gasteiger partial charge in [0.1, 0.15) is 0 Å². The molecule has 0 saturated carbocycles. The van der Waals surface area contributed by atoms with E-state index in [1.54, 1.807) is 12.1 Å². The summed E-state index contributed by atoms with van der Waals surface area (Å²) in [4.78, 5) is 12.2. The Hall–Kier alpha value is -0.820. The Morgan fingerprint density at radius 3 is 2.26 bits per heavy atom. The number of nitrogens with one attached hydrogen (secondary N) is 1. The quantitative estimate of drug-likeness (QED) is 0.280. The summed E-state index contributed by atoms with van der Waals surface area (Å²) >= 11 is 0.0168. The average molecular weight is 377 g/mol. The second-order valence-corrected chi connectivity index (χ2v) is 8.63. The maximum absolute atomic E-state index is 12.2. The van der Waals surface area contributed by atoms with Crippen molar-refractivity contribution in [2.75, 3.05) is 35.1 Å². The zero-order valence-corrected chi connectivity index (χ0v) is 14.1. The van der Waals surface area contributed by atoms with Crippen molar-refractivity contribution in [3.63, 3.8) is 0 Å². The zero-order chi connectivity index (χ0) is 14.3. The Labute approximate surface area is 126 Å². The molecule has 0 atom stereocenters. The van der Waals surface area contributed by atoms with Crippen LogP contribution < -0.4 is 32.5 Å². The van der Waals surface area contributed by atoms with Gasteiger partial charge in [0.2, 0.25) is 0 Å². The van der Waals surface area contributed by atoms with E-state index in [-0.39, 0.29) is 27.4 Å². The molecule has 0 heterocycles. The van der Waals surface area contributed by atoms with Crippen molar-refractivity contribution >= 4 is 17.3 Å². The number of alkyl halides is 1. The Bertz CT molecular complexity index is 402. The first kappa shape index (κ1) is 16.2. The first-order chi connectivity index (χ1) is 9.05. The van der Waals surface area contributed by atoms with Crippen molar-refractivity contribution in [3.05, 3.63) is 24.3 Å². The molecule has 0 aliphatic rings. The van der Waals surface area contributed by atoms with Crippen LogP contribution in [-0.4, -0.2) is 32.7 Å². The number of quaternary nitrogens is 1. The third-order valence-electron chi connectivity index (χ3n) is 3.13. The first-order valence-electron chi connectivity index (χ1n) is 6.67. The van der Waals surface area contributed by atoms with Crippen molar-refractivity contribution in [2.24, 2.45) is 0 Å². The predicted octanol–water partition coefficient (Wildman–Crippen LogP) is -0.912. The summed E-state index contributed by atoms with van der Waals surface area (Å²) in [5.74, 6) is 0.0987. The molecule has 19 heavy (non-hydrogen) atoms. The summed E-state index contributed by atoms with van der Waals surface area (Å²) in [6, 6.07) is 7.29. The van der Waals surface area contributed by atoms with Crippen LogP contribution in [-0.2, 0) is 4.79 Å². The van der Waals surface area contributed by atoms with Gasteiger partial charge in [0, 0.05) is 0 Å². The van der Waals surface area contributed by atoms with Crippen LogP contribution in [0, 0.1) is 0 Å². The van der Waals surface area contributed by atoms with Crippen molar-refractivity contribution in [2.45, 2.75) is 20.8 Å². The predicted molar refractivity (Wildman–Crippen MR) is 76.2 cm³/mol. The third kappa shape index (κ3) is 4.99. The summed E-state index contributed by atoms with van der Waals surface area (Å²) in [5, 5.41) is 2.96. The van der Waals surface area contributed by atoms with Gasteiger partial charge in [-0.1, -0.05) is 0 Å². The van der Waals surface area contributed by atoms with Crippen molar-refractivity contribution in [1.29, 1.82) is 0 Å². The van der Waals surface area contributed by atoms with Crippen LogP contribution in [0.4, 0.5) is 11.4 Å². The van der Waals surface area contributed by atoms with Gasteiger partial charge in [-0.2, -0.15) is 0 Å². The van der Waals surface area contributed by atoms with E-state index in [9.17, 15) is 4.79 Å². The summed E-state index contributed by atoms with van der Waals surface area (Å²) in [6.45, 7) is 9.21. The van der Waals surface area contributed by atoms with Gasteiger partial charge < -0.3 is 0 Å². The van der Waals surface area contributed by atoms with E-state index in [2.05, 4.69) is 26.1 Å². The number of halogens is 1. The monoisotopic (exact) mass is 377 g/mol. The number of nitrogen functional groups attached to an aromatic ring is 1. The fraction of sp³-hybridized carbons (Fsp3) is 0.500. The third-order valence-corrected chi connectivity index (χ3v) is 6.96. The number of benzene rings is 1. The van der Waals surface area contributed by atoms with Gasteiger partial charge in [0.15, 0.2) is 0 Å². The number of carbonyl (C=O) groups is 1. The number of nitrogens with zero attached hydrogens (tertiary/aromatic N) is 1. The molecule has 1 aromatic rings. The molecule has 1 rings (SSSR count). The summed E-state index contributed by atoms with van der Waals surface area (Å²) < 4.78 is 2.16. The number of likely N-dealkylation sites (N-methyl/N-ethyl adjacent to an activating group) is 1. The molecule has 1 amide bonds. The van der Waals surface area contributed by atoms with Crippen LogP contribution in [0.3, 0.4) is 0 Å². The molecule has 1 aromatic carbocycles. The van der Waals surface area contributed by atoms with Gasteiger partial charge in [-0.05, 0) is 0 Å². The molecule has 3 N–H and O–H groups in total. The van der Waals surface area contributed by atoms with E-state index in [1.807, 2.05) is 12.1 Å². The van der Waals surface area contributed by atoms with E-state index in [0.717, 1.165) is 21.5 Å². The van der Waals surface area contributed by atoms with Crippen molar-refractivity contribution in [1.82, 2.24) is 0 Å². The molecular weight excluding hydrogens is 353 g/mol. The molecule has 0 radical (unpaired) electrons. The Kier molecular flexibility index (Phi) is 6.57. The van der Waals surface area contributed by atoms with Crippen molar-refractivity contribution in [3.8, 4) is 0 Å². The SMILES string of the molecule is CC[I-][N+](CC)(CC)CC(=O)Nc1ccc(N)cc1. The molecule has 0 saturated heterocycles. The van der Waals surface area contributed by atoms with Crippen molar-refractivity contribution < 1.29 is 29.0 Å². The molecule has 0 aliphatic heterocycles. The van der Waals surface area contributed by atoms with Crippen LogP contribution in [0.15, 0.2) is 24.3 Å². The Morgan fingerprint density at radius 2 is 1.79 bits per heavy atom. The van der Waals surface area contributed by atoms with Gasteiger partial charge in [-0.15, -0.1) is 0 Å². The molecule has 108 valence electrons. The van der Waals surface area contributed by atoms with Gasteiger partial charge >= 0.3 is 126 Å². The number of rotatable bonds is 7. The maximum atomic E-state index is 12.2. The molecule has 0 bridgehead atoms. The second kappa shape index (κ2) is 7.69. The number of hydrogen-bond acceptors (Lipinski definition) is 2. The molecule has 0 aliphatic carbocycles. The van der Waals surface area contributed by atoms with E-state index < -0.39 is 0 Å². The number of carbonyl (C=O) groups excluding carboxylic acids is 1. The van der Waals surface area contributed by atoms with E-state index >= 15 is 0 Å². The molecular formula is C14H24IN3O. The van der Waals surface area contributed by atoms with Crippen LogP contribution in [0.25, 0.3) is 0 Å². The minimum atomic E-state index is 0.0168. The zero-order valence-electron chi connectivity index (χ0n) is 11.9. The van der Waals surface area contributed by atoms with Gasteiger partial charge in [-0.3, -0.25) is 0 Å². The number of anilines is 2. The van der Waals surface area contributed by atoms with Gasteiger partial charge in [0.25, 0.3) is 0 Å². The molecule has 0 spiro atoms. The minimum absolute atomic E-state index is 0.0168. The molecule has 4 nitrogen and oxygen atoms in total. The topological polar surface area (TPSA) is 55.1 Å². The fourth-order valence-electron chi connectivity index (χ4n) is 1.94. The molecule has 0 fully saturated rings. The van der Waals surface area contributed by atoms with Crippen LogP contribution in [0.1, 0.15) is 20.8 Å². The number of nitrogens with two attached hydrogens (primary N) is 1. The summed E-state index contributed by atoms with van der Waals surface area (Å²) in [7, 11) is 0. The Balaban J connectivity index is 2.64. The van der Waals surface area contributed by atoms with E-state index in [4.69, 9.17) is 5.73 Å². The van der Waals surface area contributed by atoms with Crippen LogP contribution in [0.2, 0.25) is 0 Å². The summed E-state index contributed by atoms with van der Waals surface area (Å²) in [5.41, 5.74) is 7.16. The van der Waals surface area contributed by atoms with Gasteiger partial charge in [-0.25, -0.2) is 0 Å². The Morgan fingerprint density at radius 1 is 1.21 bits per heavy atom.